The highest BCUT2D eigenvalue weighted by molar-refractivity contribution is 5.87. The highest BCUT2D eigenvalue weighted by Crippen LogP contribution is 2.62. The molecular weight excluding hydrogens is 334 g/mol. The van der Waals surface area contributed by atoms with Crippen LogP contribution in [0.15, 0.2) is 47.5 Å². The second-order valence-electron chi connectivity index (χ2n) is 8.90. The van der Waals surface area contributed by atoms with Gasteiger partial charge in [-0.05, 0) is 86.0 Å². The minimum absolute atomic E-state index is 0.128. The molecule has 4 saturated carbocycles. The highest BCUT2D eigenvalue weighted by Gasteiger charge is 2.52. The maximum absolute atomic E-state index is 11.2. The fraction of sp³-hybridized carbons (Fsp3) is 0.458. The smallest absolute Gasteiger partial charge is 0.128 e. The Morgan fingerprint density at radius 2 is 1.63 bits per heavy atom. The maximum atomic E-state index is 11.2. The van der Waals surface area contributed by atoms with Gasteiger partial charge in [-0.25, -0.2) is 0 Å². The summed E-state index contributed by atoms with van der Waals surface area (Å²) < 4.78 is 5.59. The standard InChI is InChI=1S/C24H27NO2/c1-27-21-10-19(15-25-20-5-3-2-4-6-20)23(26)22(11-21)24-12-16-7-17(13-24)9-18(8-16)14-24/h2-6,10-11,15-18,26H,7-9,12-14H2,1H3. The SMILES string of the molecule is COc1cc(C=Nc2ccccc2)c(O)c(C23CC4CC(CC(C4)C2)C3)c1. The monoisotopic (exact) mass is 361 g/mol. The van der Waals surface area contributed by atoms with Crippen LogP contribution in [-0.2, 0) is 5.41 Å². The van der Waals surface area contributed by atoms with Crippen LogP contribution in [0.3, 0.4) is 0 Å². The van der Waals surface area contributed by atoms with Gasteiger partial charge in [0.15, 0.2) is 0 Å². The quantitative estimate of drug-likeness (QED) is 0.718. The Kier molecular flexibility index (Phi) is 3.99. The molecule has 0 radical (unpaired) electrons. The topological polar surface area (TPSA) is 41.8 Å². The third-order valence-corrected chi connectivity index (χ3v) is 7.07. The zero-order chi connectivity index (χ0) is 18.4. The van der Waals surface area contributed by atoms with Gasteiger partial charge in [0.25, 0.3) is 0 Å². The number of phenolic OH excluding ortho intramolecular Hbond substituents is 1. The summed E-state index contributed by atoms with van der Waals surface area (Å²) in [7, 11) is 1.70. The van der Waals surface area contributed by atoms with E-state index in [2.05, 4.69) is 11.1 Å². The molecular formula is C24H27NO2. The molecule has 4 aliphatic carbocycles. The third kappa shape index (κ3) is 2.93. The number of hydrogen-bond donors (Lipinski definition) is 1. The van der Waals surface area contributed by atoms with Gasteiger partial charge >= 0.3 is 0 Å². The molecule has 0 aliphatic heterocycles. The number of phenols is 1. The fourth-order valence-electron chi connectivity index (χ4n) is 6.35. The van der Waals surface area contributed by atoms with Gasteiger partial charge in [-0.2, -0.15) is 0 Å². The summed E-state index contributed by atoms with van der Waals surface area (Å²) in [6.45, 7) is 0. The van der Waals surface area contributed by atoms with Gasteiger partial charge in [-0.15, -0.1) is 0 Å². The van der Waals surface area contributed by atoms with Crippen molar-refractivity contribution in [2.45, 2.75) is 43.9 Å². The minimum Gasteiger partial charge on any atom is -0.507 e. The Balaban J connectivity index is 1.56. The van der Waals surface area contributed by atoms with Crippen molar-refractivity contribution >= 4 is 11.9 Å². The van der Waals surface area contributed by atoms with Crippen LogP contribution in [0, 0.1) is 17.8 Å². The van der Waals surface area contributed by atoms with E-state index in [9.17, 15) is 5.11 Å². The molecule has 4 bridgehead atoms. The number of rotatable bonds is 4. The van der Waals surface area contributed by atoms with Crippen molar-refractivity contribution < 1.29 is 9.84 Å². The van der Waals surface area contributed by atoms with Gasteiger partial charge in [0.05, 0.1) is 12.8 Å². The van der Waals surface area contributed by atoms with Crippen LogP contribution in [-0.4, -0.2) is 18.4 Å². The van der Waals surface area contributed by atoms with Gasteiger partial charge in [0.1, 0.15) is 11.5 Å². The molecule has 0 heterocycles. The van der Waals surface area contributed by atoms with Crippen LogP contribution >= 0.6 is 0 Å². The Morgan fingerprint density at radius 3 is 2.22 bits per heavy atom. The Bertz CT molecular complexity index is 836. The molecule has 1 N–H and O–H groups in total. The van der Waals surface area contributed by atoms with Crippen LogP contribution in [0.4, 0.5) is 5.69 Å². The van der Waals surface area contributed by atoms with Crippen molar-refractivity contribution in [3.63, 3.8) is 0 Å². The molecule has 0 unspecified atom stereocenters. The number of aliphatic imine (C=N–C) groups is 1. The summed E-state index contributed by atoms with van der Waals surface area (Å²) in [4.78, 5) is 4.56. The number of aromatic hydroxyl groups is 1. The van der Waals surface area contributed by atoms with Crippen molar-refractivity contribution in [1.82, 2.24) is 0 Å². The lowest BCUT2D eigenvalue weighted by atomic mass is 9.48. The molecule has 3 heteroatoms. The van der Waals surface area contributed by atoms with Crippen LogP contribution in [0.2, 0.25) is 0 Å². The molecule has 0 saturated heterocycles. The molecule has 0 spiro atoms. The van der Waals surface area contributed by atoms with Gasteiger partial charge in [-0.3, -0.25) is 4.99 Å². The first-order chi connectivity index (χ1) is 13.1. The first-order valence-electron chi connectivity index (χ1n) is 10.2. The zero-order valence-electron chi connectivity index (χ0n) is 15.9. The molecule has 2 aromatic rings. The van der Waals surface area contributed by atoms with E-state index < -0.39 is 0 Å². The van der Waals surface area contributed by atoms with E-state index in [1.165, 1.54) is 38.5 Å². The van der Waals surface area contributed by atoms with Gasteiger partial charge < -0.3 is 9.84 Å². The Labute approximate surface area is 161 Å². The average Bonchev–Trinajstić information content (AvgIpc) is 2.67. The molecule has 4 aliphatic rings. The van der Waals surface area contributed by atoms with Gasteiger partial charge in [-0.1, -0.05) is 18.2 Å². The second-order valence-corrected chi connectivity index (χ2v) is 8.90. The van der Waals surface area contributed by atoms with Crippen LogP contribution in [0.1, 0.15) is 49.7 Å². The van der Waals surface area contributed by atoms with Crippen molar-refractivity contribution in [1.29, 1.82) is 0 Å². The zero-order valence-corrected chi connectivity index (χ0v) is 15.9. The summed E-state index contributed by atoms with van der Waals surface area (Å²) in [6, 6.07) is 13.8. The lowest BCUT2D eigenvalue weighted by molar-refractivity contribution is -0.00622. The first-order valence-corrected chi connectivity index (χ1v) is 10.2. The number of benzene rings is 2. The predicted molar refractivity (Wildman–Crippen MR) is 108 cm³/mol. The van der Waals surface area contributed by atoms with Crippen molar-refractivity contribution in [2.75, 3.05) is 7.11 Å². The molecule has 2 aromatic carbocycles. The van der Waals surface area contributed by atoms with Gasteiger partial charge in [0.2, 0.25) is 0 Å². The average molecular weight is 361 g/mol. The Morgan fingerprint density at radius 1 is 1.00 bits per heavy atom. The molecule has 4 fully saturated rings. The van der Waals surface area contributed by atoms with E-state index in [0.29, 0.717) is 5.75 Å². The lowest BCUT2D eigenvalue weighted by Crippen LogP contribution is -2.48. The summed E-state index contributed by atoms with van der Waals surface area (Å²) >= 11 is 0. The summed E-state index contributed by atoms with van der Waals surface area (Å²) in [6.07, 6.45) is 9.61. The molecule has 0 atom stereocenters. The summed E-state index contributed by atoms with van der Waals surface area (Å²) in [5.74, 6) is 3.72. The number of nitrogens with zero attached hydrogens (tertiary/aromatic N) is 1. The maximum Gasteiger partial charge on any atom is 0.128 e. The first kappa shape index (κ1) is 16.9. The van der Waals surface area contributed by atoms with Crippen LogP contribution in [0.25, 0.3) is 0 Å². The van der Waals surface area contributed by atoms with Crippen LogP contribution < -0.4 is 4.74 Å². The number of para-hydroxylation sites is 1. The molecule has 140 valence electrons. The molecule has 0 amide bonds. The van der Waals surface area contributed by atoms with E-state index >= 15 is 0 Å². The minimum atomic E-state index is 0.128. The third-order valence-electron chi connectivity index (χ3n) is 7.07. The van der Waals surface area contributed by atoms with E-state index in [1.807, 2.05) is 36.4 Å². The largest absolute Gasteiger partial charge is 0.507 e. The fourth-order valence-corrected chi connectivity index (χ4v) is 6.35. The van der Waals surface area contributed by atoms with Crippen LogP contribution in [0.5, 0.6) is 11.5 Å². The van der Waals surface area contributed by atoms with Crippen molar-refractivity contribution in [3.8, 4) is 11.5 Å². The summed E-state index contributed by atoms with van der Waals surface area (Å²) in [5, 5.41) is 11.2. The molecule has 6 rings (SSSR count). The normalized spacial score (nSPS) is 31.5. The molecule has 0 aromatic heterocycles. The molecule has 27 heavy (non-hydrogen) atoms. The van der Waals surface area contributed by atoms with Gasteiger partial charge in [0, 0.05) is 17.3 Å². The van der Waals surface area contributed by atoms with E-state index in [0.717, 1.165) is 40.3 Å². The predicted octanol–water partition coefficient (Wildman–Crippen LogP) is 5.62. The lowest BCUT2D eigenvalue weighted by Gasteiger charge is -2.57. The van der Waals surface area contributed by atoms with Crippen molar-refractivity contribution in [2.24, 2.45) is 22.7 Å². The number of hydrogen-bond acceptors (Lipinski definition) is 3. The second kappa shape index (κ2) is 6.40. The molecule has 3 nitrogen and oxygen atoms in total. The van der Waals surface area contributed by atoms with E-state index in [4.69, 9.17) is 4.74 Å². The highest BCUT2D eigenvalue weighted by atomic mass is 16.5. The van der Waals surface area contributed by atoms with E-state index in [-0.39, 0.29) is 5.41 Å². The Hall–Kier alpha value is -2.29. The van der Waals surface area contributed by atoms with E-state index in [1.54, 1.807) is 13.3 Å². The number of methoxy groups -OCH3 is 1. The summed E-state index contributed by atoms with van der Waals surface area (Å²) in [5.41, 5.74) is 2.86. The van der Waals surface area contributed by atoms with Crippen molar-refractivity contribution in [3.05, 3.63) is 53.6 Å². The number of ether oxygens (including phenoxy) is 1.